The van der Waals surface area contributed by atoms with Gasteiger partial charge in [-0.3, -0.25) is 0 Å². The molecule has 0 amide bonds. The third-order valence-electron chi connectivity index (χ3n) is 6.63. The van der Waals surface area contributed by atoms with Gasteiger partial charge in [0.25, 0.3) is 0 Å². The SMILES string of the molecule is CC1=C(c2c(C)c(OS(=O)(=O)C(F)(F)F)cc3c2CC=CC=C3)C2CCC=CC=C2C=C1OS(=O)(=O)C(F)(F)F. The van der Waals surface area contributed by atoms with Crippen LogP contribution < -0.4 is 4.18 Å². The van der Waals surface area contributed by atoms with Crippen LogP contribution in [0.25, 0.3) is 11.6 Å². The van der Waals surface area contributed by atoms with Gasteiger partial charge in [-0.15, -0.1) is 0 Å². The van der Waals surface area contributed by atoms with E-state index in [1.54, 1.807) is 36.5 Å². The molecular formula is C26H22F6O6S2. The fourth-order valence-electron chi connectivity index (χ4n) is 4.79. The lowest BCUT2D eigenvalue weighted by atomic mass is 9.74. The number of halogens is 6. The molecule has 1 aromatic rings. The maximum Gasteiger partial charge on any atom is 0.534 e. The van der Waals surface area contributed by atoms with Crippen molar-refractivity contribution < 1.29 is 51.5 Å². The third-order valence-corrected chi connectivity index (χ3v) is 8.56. The number of fused-ring (bicyclic) bond motifs is 2. The predicted octanol–water partition coefficient (Wildman–Crippen LogP) is 6.78. The van der Waals surface area contributed by atoms with Gasteiger partial charge in [-0.25, -0.2) is 0 Å². The Balaban J connectivity index is 2.03. The normalized spacial score (nSPS) is 19.8. The molecule has 40 heavy (non-hydrogen) atoms. The summed E-state index contributed by atoms with van der Waals surface area (Å²) in [4.78, 5) is 0. The summed E-state index contributed by atoms with van der Waals surface area (Å²) >= 11 is 0. The summed E-state index contributed by atoms with van der Waals surface area (Å²) < 4.78 is 136. The maximum absolute atomic E-state index is 13.2. The van der Waals surface area contributed by atoms with Crippen LogP contribution in [0.15, 0.2) is 65.5 Å². The maximum atomic E-state index is 13.2. The van der Waals surface area contributed by atoms with Crippen molar-refractivity contribution in [3.05, 3.63) is 87.8 Å². The molecule has 3 aliphatic carbocycles. The van der Waals surface area contributed by atoms with Crippen LogP contribution in [0.3, 0.4) is 0 Å². The Bertz CT molecular complexity index is 1640. The predicted molar refractivity (Wildman–Crippen MR) is 135 cm³/mol. The molecule has 0 saturated carbocycles. The summed E-state index contributed by atoms with van der Waals surface area (Å²) in [5.74, 6) is -1.79. The molecule has 0 radical (unpaired) electrons. The molecule has 1 atom stereocenters. The number of benzene rings is 1. The van der Waals surface area contributed by atoms with Crippen molar-refractivity contribution in [2.24, 2.45) is 5.92 Å². The minimum Gasteiger partial charge on any atom is -0.376 e. The zero-order valence-corrected chi connectivity index (χ0v) is 22.6. The lowest BCUT2D eigenvalue weighted by Crippen LogP contribution is -2.28. The minimum absolute atomic E-state index is 0.00444. The number of hydrogen-bond donors (Lipinski definition) is 0. The van der Waals surface area contributed by atoms with E-state index in [9.17, 15) is 43.2 Å². The Morgan fingerprint density at radius 3 is 2.17 bits per heavy atom. The van der Waals surface area contributed by atoms with Crippen molar-refractivity contribution in [1.29, 1.82) is 0 Å². The quantitative estimate of drug-likeness (QED) is 0.208. The molecule has 1 aromatic carbocycles. The Morgan fingerprint density at radius 1 is 0.875 bits per heavy atom. The van der Waals surface area contributed by atoms with Gasteiger partial charge in [-0.1, -0.05) is 42.5 Å². The fourth-order valence-corrected chi connectivity index (χ4v) is 5.80. The van der Waals surface area contributed by atoms with E-state index in [1.807, 2.05) is 0 Å². The van der Waals surface area contributed by atoms with Gasteiger partial charge in [0.1, 0.15) is 11.5 Å². The molecule has 4 rings (SSSR count). The second-order valence-corrected chi connectivity index (χ2v) is 12.2. The van der Waals surface area contributed by atoms with Crippen LogP contribution in [0.1, 0.15) is 42.0 Å². The summed E-state index contributed by atoms with van der Waals surface area (Å²) in [7, 11) is -12.1. The van der Waals surface area contributed by atoms with Gasteiger partial charge in [-0.2, -0.15) is 43.2 Å². The summed E-state index contributed by atoms with van der Waals surface area (Å²) in [6, 6.07) is 1.15. The first-order chi connectivity index (χ1) is 18.4. The highest BCUT2D eigenvalue weighted by molar-refractivity contribution is 7.88. The molecule has 1 unspecified atom stereocenters. The highest BCUT2D eigenvalue weighted by atomic mass is 32.2. The molecule has 216 valence electrons. The molecule has 3 aliphatic rings. The Morgan fingerprint density at radius 2 is 1.52 bits per heavy atom. The Labute approximate surface area is 226 Å². The number of hydrogen-bond acceptors (Lipinski definition) is 6. The first kappa shape index (κ1) is 29.7. The van der Waals surface area contributed by atoms with E-state index >= 15 is 0 Å². The largest absolute Gasteiger partial charge is 0.534 e. The second-order valence-electron chi connectivity index (χ2n) is 9.17. The van der Waals surface area contributed by atoms with E-state index in [-0.39, 0.29) is 28.7 Å². The van der Waals surface area contributed by atoms with Gasteiger partial charge < -0.3 is 8.37 Å². The van der Waals surface area contributed by atoms with Crippen LogP contribution in [0, 0.1) is 12.8 Å². The average molecular weight is 609 g/mol. The third kappa shape index (κ3) is 5.51. The standard InChI is InChI=1S/C26H22F6O6S2/c1-15-21(37-39(33,34)25(27,28)29)13-17-9-5-3-7-11-19(17)23(15)24-16(2)22(38-40(35,36)26(30,31)32)14-18-10-6-4-8-12-20(18)24/h3-7,9-10,13-14,20H,8,11-12H2,1-2H3. The molecule has 0 heterocycles. The Kier molecular flexibility index (Phi) is 7.65. The monoisotopic (exact) mass is 608 g/mol. The Hall–Kier alpha value is -3.26. The van der Waals surface area contributed by atoms with Crippen molar-refractivity contribution in [2.45, 2.75) is 44.1 Å². The highest BCUT2D eigenvalue weighted by Crippen LogP contribution is 2.48. The summed E-state index contributed by atoms with van der Waals surface area (Å²) in [6.07, 6.45) is 13.9. The van der Waals surface area contributed by atoms with E-state index in [0.29, 0.717) is 29.5 Å². The van der Waals surface area contributed by atoms with Crippen LogP contribution in [0.4, 0.5) is 26.3 Å². The molecule has 0 aliphatic heterocycles. The molecule has 0 saturated heterocycles. The smallest absolute Gasteiger partial charge is 0.376 e. The fraction of sp³-hybridized carbons (Fsp3) is 0.308. The number of rotatable bonds is 5. The van der Waals surface area contributed by atoms with Gasteiger partial charge in [0, 0.05) is 11.5 Å². The molecule has 0 N–H and O–H groups in total. The zero-order valence-electron chi connectivity index (χ0n) is 20.9. The summed E-state index contributed by atoms with van der Waals surface area (Å²) in [6.45, 7) is 2.68. The van der Waals surface area contributed by atoms with Crippen LogP contribution in [-0.4, -0.2) is 27.9 Å². The minimum atomic E-state index is -6.07. The van der Waals surface area contributed by atoms with Crippen LogP contribution >= 0.6 is 0 Å². The van der Waals surface area contributed by atoms with Crippen LogP contribution in [0.5, 0.6) is 5.75 Å². The molecule has 0 spiro atoms. The zero-order chi connectivity index (χ0) is 29.7. The van der Waals surface area contributed by atoms with Gasteiger partial charge in [0.2, 0.25) is 0 Å². The molecular weight excluding hydrogens is 586 g/mol. The highest BCUT2D eigenvalue weighted by Gasteiger charge is 2.50. The molecule has 0 bridgehead atoms. The van der Waals surface area contributed by atoms with Crippen molar-refractivity contribution in [1.82, 2.24) is 0 Å². The van der Waals surface area contributed by atoms with E-state index in [0.717, 1.165) is 6.07 Å². The van der Waals surface area contributed by atoms with Crippen LogP contribution in [0.2, 0.25) is 0 Å². The molecule has 0 aromatic heterocycles. The first-order valence-electron chi connectivity index (χ1n) is 11.8. The lowest BCUT2D eigenvalue weighted by molar-refractivity contribution is -0.0521. The van der Waals surface area contributed by atoms with E-state index in [1.165, 1.54) is 26.0 Å². The van der Waals surface area contributed by atoms with Gasteiger partial charge in [0.15, 0.2) is 0 Å². The molecule has 6 nitrogen and oxygen atoms in total. The number of alkyl halides is 6. The number of allylic oxidation sites excluding steroid dienone is 10. The molecule has 0 fully saturated rings. The topological polar surface area (TPSA) is 86.7 Å². The van der Waals surface area contributed by atoms with Gasteiger partial charge >= 0.3 is 31.3 Å². The van der Waals surface area contributed by atoms with E-state index < -0.39 is 48.7 Å². The van der Waals surface area contributed by atoms with Crippen molar-refractivity contribution in [3.63, 3.8) is 0 Å². The molecule has 14 heteroatoms. The lowest BCUT2D eigenvalue weighted by Gasteiger charge is -2.32. The van der Waals surface area contributed by atoms with Crippen molar-refractivity contribution in [3.8, 4) is 5.75 Å². The van der Waals surface area contributed by atoms with Gasteiger partial charge in [-0.05, 0) is 78.7 Å². The van der Waals surface area contributed by atoms with Crippen molar-refractivity contribution in [2.75, 3.05) is 0 Å². The van der Waals surface area contributed by atoms with Crippen molar-refractivity contribution >= 4 is 31.9 Å². The van der Waals surface area contributed by atoms with E-state index in [2.05, 4.69) is 8.37 Å². The van der Waals surface area contributed by atoms with E-state index in [4.69, 9.17) is 0 Å². The van der Waals surface area contributed by atoms with Gasteiger partial charge in [0.05, 0.1) is 0 Å². The average Bonchev–Trinajstić information content (AvgIpc) is 3.19. The second kappa shape index (κ2) is 10.3. The van der Waals surface area contributed by atoms with Crippen LogP contribution in [-0.2, 0) is 30.8 Å². The summed E-state index contributed by atoms with van der Waals surface area (Å²) in [5, 5.41) is 0. The first-order valence-corrected chi connectivity index (χ1v) is 14.6. The summed E-state index contributed by atoms with van der Waals surface area (Å²) in [5.41, 5.74) is -9.69.